The zero-order chi connectivity index (χ0) is 19.0. The van der Waals surface area contributed by atoms with Gasteiger partial charge in [-0.1, -0.05) is 11.6 Å². The SMILES string of the molecule is O=C(Cc1c[nH]c2cnccc12)NC1CCN(c2ccc(F)c(Cl)c2)C1=O. The highest BCUT2D eigenvalue weighted by atomic mass is 35.5. The fourth-order valence-electron chi connectivity index (χ4n) is 3.32. The summed E-state index contributed by atoms with van der Waals surface area (Å²) < 4.78 is 13.3. The normalized spacial score (nSPS) is 16.9. The Hall–Kier alpha value is -2.93. The van der Waals surface area contributed by atoms with Crippen molar-refractivity contribution >= 4 is 40.0 Å². The van der Waals surface area contributed by atoms with Crippen LogP contribution in [0.4, 0.5) is 10.1 Å². The van der Waals surface area contributed by atoms with Crippen molar-refractivity contribution in [3.05, 3.63) is 59.3 Å². The van der Waals surface area contributed by atoms with Gasteiger partial charge in [-0.25, -0.2) is 4.39 Å². The lowest BCUT2D eigenvalue weighted by molar-refractivity contribution is -0.126. The molecule has 2 aromatic heterocycles. The van der Waals surface area contributed by atoms with Gasteiger partial charge >= 0.3 is 0 Å². The molecule has 2 amide bonds. The van der Waals surface area contributed by atoms with E-state index in [0.29, 0.717) is 18.7 Å². The van der Waals surface area contributed by atoms with E-state index in [-0.39, 0.29) is 23.3 Å². The number of anilines is 1. The average Bonchev–Trinajstić information content (AvgIpc) is 3.22. The van der Waals surface area contributed by atoms with E-state index in [1.807, 2.05) is 6.07 Å². The standard InChI is InChI=1S/C19H16ClFN4O2/c20-14-8-12(1-2-15(14)21)25-6-4-16(19(25)27)24-18(26)7-11-9-23-17-10-22-5-3-13(11)17/h1-3,5,8-10,16,23H,4,6-7H2,(H,24,26). The molecule has 0 aliphatic carbocycles. The minimum absolute atomic E-state index is 0.0402. The monoisotopic (exact) mass is 386 g/mol. The Morgan fingerprint density at radius 2 is 2.26 bits per heavy atom. The van der Waals surface area contributed by atoms with E-state index in [1.54, 1.807) is 18.6 Å². The Balaban J connectivity index is 1.43. The number of nitrogens with one attached hydrogen (secondary N) is 2. The van der Waals surface area contributed by atoms with Crippen LogP contribution >= 0.6 is 11.6 Å². The van der Waals surface area contributed by atoms with Gasteiger partial charge in [0.15, 0.2) is 0 Å². The summed E-state index contributed by atoms with van der Waals surface area (Å²) in [5.41, 5.74) is 2.22. The molecule has 1 aliphatic rings. The van der Waals surface area contributed by atoms with Gasteiger partial charge in [-0.2, -0.15) is 0 Å². The van der Waals surface area contributed by atoms with Gasteiger partial charge in [-0.15, -0.1) is 0 Å². The highest BCUT2D eigenvalue weighted by Crippen LogP contribution is 2.26. The smallest absolute Gasteiger partial charge is 0.249 e. The minimum atomic E-state index is -0.604. The predicted octanol–water partition coefficient (Wildman–Crippen LogP) is 2.82. The van der Waals surface area contributed by atoms with Crippen LogP contribution in [0.15, 0.2) is 42.9 Å². The molecule has 1 unspecified atom stereocenters. The first kappa shape index (κ1) is 17.5. The molecule has 2 N–H and O–H groups in total. The molecule has 3 heterocycles. The van der Waals surface area contributed by atoms with E-state index >= 15 is 0 Å². The second-order valence-electron chi connectivity index (χ2n) is 6.41. The van der Waals surface area contributed by atoms with E-state index in [4.69, 9.17) is 11.6 Å². The summed E-state index contributed by atoms with van der Waals surface area (Å²) in [5.74, 6) is -0.995. The summed E-state index contributed by atoms with van der Waals surface area (Å²) in [6.45, 7) is 0.435. The molecule has 6 nitrogen and oxygen atoms in total. The van der Waals surface area contributed by atoms with E-state index in [9.17, 15) is 14.0 Å². The maximum absolute atomic E-state index is 13.3. The maximum Gasteiger partial charge on any atom is 0.249 e. The second-order valence-corrected chi connectivity index (χ2v) is 6.82. The summed E-state index contributed by atoms with van der Waals surface area (Å²) in [5, 5.41) is 3.68. The Labute approximate surface area is 159 Å². The Morgan fingerprint density at radius 3 is 3.07 bits per heavy atom. The summed E-state index contributed by atoms with van der Waals surface area (Å²) in [4.78, 5) is 33.6. The number of rotatable bonds is 4. The Bertz CT molecular complexity index is 1040. The average molecular weight is 387 g/mol. The number of hydrogen-bond donors (Lipinski definition) is 2. The molecule has 138 valence electrons. The largest absolute Gasteiger partial charge is 0.360 e. The lowest BCUT2D eigenvalue weighted by atomic mass is 10.1. The number of carbonyl (C=O) groups excluding carboxylic acids is 2. The molecule has 8 heteroatoms. The van der Waals surface area contributed by atoms with Gasteiger partial charge in [-0.3, -0.25) is 14.6 Å². The van der Waals surface area contributed by atoms with Gasteiger partial charge in [0, 0.05) is 30.0 Å². The number of aromatic amines is 1. The van der Waals surface area contributed by atoms with Crippen molar-refractivity contribution in [2.45, 2.75) is 18.9 Å². The third-order valence-corrected chi connectivity index (χ3v) is 4.97. The maximum atomic E-state index is 13.3. The van der Waals surface area contributed by atoms with Crippen molar-refractivity contribution in [2.75, 3.05) is 11.4 Å². The van der Waals surface area contributed by atoms with Crippen LogP contribution in [0.3, 0.4) is 0 Å². The second kappa shape index (κ2) is 7.00. The number of fused-ring (bicyclic) bond motifs is 1. The molecule has 0 bridgehead atoms. The minimum Gasteiger partial charge on any atom is -0.360 e. The zero-order valence-corrected chi connectivity index (χ0v) is 15.0. The molecule has 3 aromatic rings. The van der Waals surface area contributed by atoms with E-state index in [2.05, 4.69) is 15.3 Å². The number of benzene rings is 1. The third-order valence-electron chi connectivity index (χ3n) is 4.68. The Morgan fingerprint density at radius 1 is 1.41 bits per heavy atom. The van der Waals surface area contributed by atoms with Crippen LogP contribution in [0.25, 0.3) is 10.9 Å². The van der Waals surface area contributed by atoms with Gasteiger partial charge < -0.3 is 15.2 Å². The summed E-state index contributed by atoms with van der Waals surface area (Å²) >= 11 is 5.80. The summed E-state index contributed by atoms with van der Waals surface area (Å²) in [6, 6.07) is 5.38. The first-order valence-electron chi connectivity index (χ1n) is 8.48. The number of amides is 2. The van der Waals surface area contributed by atoms with Crippen LogP contribution in [0.1, 0.15) is 12.0 Å². The zero-order valence-electron chi connectivity index (χ0n) is 14.2. The van der Waals surface area contributed by atoms with Crippen molar-refractivity contribution in [3.63, 3.8) is 0 Å². The fraction of sp³-hybridized carbons (Fsp3) is 0.211. The number of nitrogens with zero attached hydrogens (tertiary/aromatic N) is 2. The number of pyridine rings is 1. The van der Waals surface area contributed by atoms with Crippen LogP contribution in [0.2, 0.25) is 5.02 Å². The molecule has 1 atom stereocenters. The van der Waals surface area contributed by atoms with Crippen molar-refractivity contribution in [1.29, 1.82) is 0 Å². The van der Waals surface area contributed by atoms with Crippen LogP contribution in [-0.2, 0) is 16.0 Å². The summed E-state index contributed by atoms with van der Waals surface area (Å²) in [7, 11) is 0. The van der Waals surface area contributed by atoms with Crippen LogP contribution in [0, 0.1) is 5.82 Å². The number of hydrogen-bond acceptors (Lipinski definition) is 3. The number of H-pyrrole nitrogens is 1. The number of carbonyl (C=O) groups is 2. The third kappa shape index (κ3) is 3.38. The molecule has 1 saturated heterocycles. The highest BCUT2D eigenvalue weighted by Gasteiger charge is 2.33. The lowest BCUT2D eigenvalue weighted by Gasteiger charge is -2.17. The van der Waals surface area contributed by atoms with E-state index in [0.717, 1.165) is 16.5 Å². The lowest BCUT2D eigenvalue weighted by Crippen LogP contribution is -2.42. The van der Waals surface area contributed by atoms with Crippen molar-refractivity contribution in [2.24, 2.45) is 0 Å². The van der Waals surface area contributed by atoms with Crippen molar-refractivity contribution in [3.8, 4) is 0 Å². The van der Waals surface area contributed by atoms with Gasteiger partial charge in [0.2, 0.25) is 11.8 Å². The molecule has 0 saturated carbocycles. The molecule has 1 aromatic carbocycles. The first-order chi connectivity index (χ1) is 13.0. The topological polar surface area (TPSA) is 78.1 Å². The first-order valence-corrected chi connectivity index (χ1v) is 8.86. The molecular formula is C19H16ClFN4O2. The quantitative estimate of drug-likeness (QED) is 0.723. The van der Waals surface area contributed by atoms with E-state index in [1.165, 1.54) is 23.1 Å². The van der Waals surface area contributed by atoms with Crippen LogP contribution < -0.4 is 10.2 Å². The van der Waals surface area contributed by atoms with Crippen molar-refractivity contribution < 1.29 is 14.0 Å². The molecule has 0 radical (unpaired) electrons. The molecule has 1 aliphatic heterocycles. The Kier molecular flexibility index (Phi) is 4.53. The molecule has 0 spiro atoms. The van der Waals surface area contributed by atoms with Gasteiger partial charge in [0.05, 0.1) is 23.2 Å². The molecule has 1 fully saturated rings. The number of halogens is 2. The molecular weight excluding hydrogens is 371 g/mol. The summed E-state index contributed by atoms with van der Waals surface area (Å²) in [6.07, 6.45) is 5.79. The van der Waals surface area contributed by atoms with E-state index < -0.39 is 11.9 Å². The van der Waals surface area contributed by atoms with Gasteiger partial charge in [0.25, 0.3) is 0 Å². The van der Waals surface area contributed by atoms with Gasteiger partial charge in [0.1, 0.15) is 11.9 Å². The fourth-order valence-corrected chi connectivity index (χ4v) is 3.49. The number of aromatic nitrogens is 2. The molecule has 27 heavy (non-hydrogen) atoms. The van der Waals surface area contributed by atoms with Crippen LogP contribution in [-0.4, -0.2) is 34.4 Å². The predicted molar refractivity (Wildman–Crippen MR) is 100 cm³/mol. The van der Waals surface area contributed by atoms with Crippen LogP contribution in [0.5, 0.6) is 0 Å². The van der Waals surface area contributed by atoms with Gasteiger partial charge in [-0.05, 0) is 36.2 Å². The van der Waals surface area contributed by atoms with Crippen molar-refractivity contribution in [1.82, 2.24) is 15.3 Å². The molecule has 4 rings (SSSR count). The highest BCUT2D eigenvalue weighted by molar-refractivity contribution is 6.31.